The van der Waals surface area contributed by atoms with Gasteiger partial charge in [0.15, 0.2) is 0 Å². The molecule has 2 rings (SSSR count). The average molecular weight is 271 g/mol. The Hall–Kier alpha value is -2.03. The highest BCUT2D eigenvalue weighted by Crippen LogP contribution is 2.29. The summed E-state index contributed by atoms with van der Waals surface area (Å²) in [5.74, 6) is 0.395. The Bertz CT molecular complexity index is 645. The molecule has 0 aliphatic rings. The molecule has 0 atom stereocenters. The van der Waals surface area contributed by atoms with Crippen LogP contribution in [-0.4, -0.2) is 17.1 Å². The highest BCUT2D eigenvalue weighted by Gasteiger charge is 2.11. The third kappa shape index (κ3) is 2.93. The van der Waals surface area contributed by atoms with Gasteiger partial charge in [-0.05, 0) is 48.9 Å². The number of rotatable bonds is 3. The Morgan fingerprint density at radius 3 is 2.40 bits per heavy atom. The van der Waals surface area contributed by atoms with Crippen LogP contribution < -0.4 is 5.32 Å². The molecule has 0 radical (unpaired) electrons. The quantitative estimate of drug-likeness (QED) is 0.892. The van der Waals surface area contributed by atoms with E-state index >= 15 is 0 Å². The molecule has 20 heavy (non-hydrogen) atoms. The number of hydrogen-bond donors (Lipinski definition) is 2. The normalized spacial score (nSPS) is 11.3. The largest absolute Gasteiger partial charge is 0.507 e. The number of hydrogen-bond acceptors (Lipinski definition) is 2. The van der Waals surface area contributed by atoms with Crippen molar-refractivity contribution >= 4 is 16.7 Å². The first-order valence-electron chi connectivity index (χ1n) is 6.96. The smallest absolute Gasteiger partial charge is 0.251 e. The number of amides is 1. The van der Waals surface area contributed by atoms with E-state index in [1.54, 1.807) is 0 Å². The third-order valence-electron chi connectivity index (χ3n) is 3.31. The molecular formula is C17H21NO2. The maximum Gasteiger partial charge on any atom is 0.251 e. The van der Waals surface area contributed by atoms with Gasteiger partial charge in [0.05, 0.1) is 0 Å². The maximum atomic E-state index is 12.0. The van der Waals surface area contributed by atoms with Gasteiger partial charge in [-0.2, -0.15) is 0 Å². The van der Waals surface area contributed by atoms with Gasteiger partial charge in [-0.3, -0.25) is 4.79 Å². The number of aromatic hydroxyl groups is 1. The molecule has 0 saturated carbocycles. The lowest BCUT2D eigenvalue weighted by atomic mass is 9.97. The van der Waals surface area contributed by atoms with E-state index in [-0.39, 0.29) is 17.7 Å². The fourth-order valence-corrected chi connectivity index (χ4v) is 2.19. The zero-order valence-electron chi connectivity index (χ0n) is 12.4. The van der Waals surface area contributed by atoms with Crippen LogP contribution in [0, 0.1) is 0 Å². The number of phenolic OH excluding ortho intramolecular Hbond substituents is 1. The lowest BCUT2D eigenvalue weighted by Gasteiger charge is -2.12. The van der Waals surface area contributed by atoms with Crippen LogP contribution in [-0.2, 0) is 0 Å². The summed E-state index contributed by atoms with van der Waals surface area (Å²) < 4.78 is 0. The van der Waals surface area contributed by atoms with Crippen molar-refractivity contribution in [3.63, 3.8) is 0 Å². The fourth-order valence-electron chi connectivity index (χ4n) is 2.19. The number of benzene rings is 2. The van der Waals surface area contributed by atoms with Crippen LogP contribution in [0.15, 0.2) is 30.3 Å². The summed E-state index contributed by atoms with van der Waals surface area (Å²) in [6, 6.07) is 9.40. The predicted molar refractivity (Wildman–Crippen MR) is 82.3 cm³/mol. The van der Waals surface area contributed by atoms with Crippen molar-refractivity contribution < 1.29 is 9.90 Å². The van der Waals surface area contributed by atoms with E-state index in [0.717, 1.165) is 10.8 Å². The Balaban J connectivity index is 2.48. The Labute approximate surface area is 119 Å². The van der Waals surface area contributed by atoms with Gasteiger partial charge in [-0.25, -0.2) is 0 Å². The predicted octanol–water partition coefficient (Wildman–Crippen LogP) is 3.81. The van der Waals surface area contributed by atoms with E-state index in [1.807, 2.05) is 38.1 Å². The molecule has 3 nitrogen and oxygen atoms in total. The molecule has 0 saturated heterocycles. The summed E-state index contributed by atoms with van der Waals surface area (Å²) >= 11 is 0. The molecule has 106 valence electrons. The molecule has 0 unspecified atom stereocenters. The standard InChI is InChI=1S/C17H21NO2/c1-10(2)12-5-6-13-7-14(17(20)18-11(3)4)9-16(19)15(13)8-12/h5-11,19H,1-4H3,(H,18,20). The van der Waals surface area contributed by atoms with Crippen molar-refractivity contribution in [1.29, 1.82) is 0 Å². The van der Waals surface area contributed by atoms with Crippen LogP contribution in [0.2, 0.25) is 0 Å². The summed E-state index contributed by atoms with van der Waals surface area (Å²) in [6.45, 7) is 8.05. The van der Waals surface area contributed by atoms with Gasteiger partial charge in [0, 0.05) is 17.0 Å². The molecule has 2 N–H and O–H groups in total. The lowest BCUT2D eigenvalue weighted by molar-refractivity contribution is 0.0943. The van der Waals surface area contributed by atoms with E-state index in [2.05, 4.69) is 19.2 Å². The average Bonchev–Trinajstić information content (AvgIpc) is 2.37. The van der Waals surface area contributed by atoms with Gasteiger partial charge < -0.3 is 10.4 Å². The molecule has 1 amide bonds. The van der Waals surface area contributed by atoms with Crippen molar-refractivity contribution in [2.75, 3.05) is 0 Å². The molecule has 0 aliphatic carbocycles. The van der Waals surface area contributed by atoms with E-state index in [9.17, 15) is 9.90 Å². The zero-order chi connectivity index (χ0) is 14.9. The Kier molecular flexibility index (Phi) is 3.98. The van der Waals surface area contributed by atoms with E-state index < -0.39 is 0 Å². The van der Waals surface area contributed by atoms with Crippen molar-refractivity contribution in [3.8, 4) is 5.75 Å². The van der Waals surface area contributed by atoms with Crippen LogP contribution in [0.3, 0.4) is 0 Å². The molecule has 3 heteroatoms. The Morgan fingerprint density at radius 2 is 1.80 bits per heavy atom. The molecule has 2 aromatic rings. The minimum atomic E-state index is -0.162. The van der Waals surface area contributed by atoms with Crippen molar-refractivity contribution in [2.45, 2.75) is 39.7 Å². The number of carbonyl (C=O) groups is 1. The summed E-state index contributed by atoms with van der Waals surface area (Å²) in [5, 5.41) is 14.7. The van der Waals surface area contributed by atoms with Gasteiger partial charge in [0.2, 0.25) is 0 Å². The summed E-state index contributed by atoms with van der Waals surface area (Å²) in [6.07, 6.45) is 0. The third-order valence-corrected chi connectivity index (χ3v) is 3.31. The molecular weight excluding hydrogens is 250 g/mol. The number of fused-ring (bicyclic) bond motifs is 1. The van der Waals surface area contributed by atoms with Gasteiger partial charge >= 0.3 is 0 Å². The van der Waals surface area contributed by atoms with Crippen LogP contribution in [0.25, 0.3) is 10.8 Å². The SMILES string of the molecule is CC(C)NC(=O)c1cc(O)c2cc(C(C)C)ccc2c1. The van der Waals surface area contributed by atoms with Crippen LogP contribution in [0.5, 0.6) is 5.75 Å². The summed E-state index contributed by atoms with van der Waals surface area (Å²) in [7, 11) is 0. The van der Waals surface area contributed by atoms with Crippen molar-refractivity contribution in [3.05, 3.63) is 41.5 Å². The topological polar surface area (TPSA) is 49.3 Å². The van der Waals surface area contributed by atoms with E-state index in [1.165, 1.54) is 11.6 Å². The molecule has 0 bridgehead atoms. The highest BCUT2D eigenvalue weighted by molar-refractivity contribution is 6.01. The van der Waals surface area contributed by atoms with Gasteiger partial charge in [-0.15, -0.1) is 0 Å². The molecule has 0 aliphatic heterocycles. The minimum absolute atomic E-state index is 0.0728. The molecule has 0 spiro atoms. The first-order valence-corrected chi connectivity index (χ1v) is 6.96. The second-order valence-electron chi connectivity index (χ2n) is 5.76. The van der Waals surface area contributed by atoms with E-state index in [4.69, 9.17) is 0 Å². The second kappa shape index (κ2) is 5.53. The first kappa shape index (κ1) is 14.4. The summed E-state index contributed by atoms with van der Waals surface area (Å²) in [4.78, 5) is 12.0. The van der Waals surface area contributed by atoms with Crippen LogP contribution >= 0.6 is 0 Å². The molecule has 2 aromatic carbocycles. The number of nitrogens with one attached hydrogen (secondary N) is 1. The Morgan fingerprint density at radius 1 is 1.10 bits per heavy atom. The van der Waals surface area contributed by atoms with Crippen molar-refractivity contribution in [2.24, 2.45) is 0 Å². The van der Waals surface area contributed by atoms with Gasteiger partial charge in [0.25, 0.3) is 5.91 Å². The molecule has 0 heterocycles. The highest BCUT2D eigenvalue weighted by atomic mass is 16.3. The molecule has 0 fully saturated rings. The zero-order valence-corrected chi connectivity index (χ0v) is 12.4. The minimum Gasteiger partial charge on any atom is -0.507 e. The number of carbonyl (C=O) groups excluding carboxylic acids is 1. The van der Waals surface area contributed by atoms with Gasteiger partial charge in [0.1, 0.15) is 5.75 Å². The second-order valence-corrected chi connectivity index (χ2v) is 5.76. The first-order chi connectivity index (χ1) is 9.38. The number of phenols is 1. The van der Waals surface area contributed by atoms with E-state index in [0.29, 0.717) is 11.5 Å². The monoisotopic (exact) mass is 271 g/mol. The summed E-state index contributed by atoms with van der Waals surface area (Å²) in [5.41, 5.74) is 1.66. The van der Waals surface area contributed by atoms with Gasteiger partial charge in [-0.1, -0.05) is 26.0 Å². The molecule has 0 aromatic heterocycles. The van der Waals surface area contributed by atoms with Crippen molar-refractivity contribution in [1.82, 2.24) is 5.32 Å². The lowest BCUT2D eigenvalue weighted by Crippen LogP contribution is -2.29. The van der Waals surface area contributed by atoms with Crippen LogP contribution in [0.1, 0.15) is 49.5 Å². The van der Waals surface area contributed by atoms with Crippen LogP contribution in [0.4, 0.5) is 0 Å². The fraction of sp³-hybridized carbons (Fsp3) is 0.353. The maximum absolute atomic E-state index is 12.0.